The Morgan fingerprint density at radius 2 is 1.73 bits per heavy atom. The van der Waals surface area contributed by atoms with Gasteiger partial charge in [-0.2, -0.15) is 30.2 Å². The molecule has 0 N–H and O–H groups in total. The molecule has 0 atom stereocenters. The van der Waals surface area contributed by atoms with Gasteiger partial charge in [-0.1, -0.05) is 17.7 Å². The standard InChI is InChI=1S/C7H5Cl2.ClH.Zn/c1-5-3-2-4-6(8)7(5)9;;/h2-4H,1H2;1H;/q-1;;+2/p-1. The molecule has 0 amide bonds. The first-order valence-electron chi connectivity index (χ1n) is 2.48. The van der Waals surface area contributed by atoms with Gasteiger partial charge < -0.3 is 12.4 Å². The number of halogens is 3. The molecule has 0 aliphatic rings. The largest absolute Gasteiger partial charge is 2.00 e. The Bertz CT molecular complexity index is 205. The van der Waals surface area contributed by atoms with Crippen molar-refractivity contribution in [2.24, 2.45) is 0 Å². The van der Waals surface area contributed by atoms with Crippen molar-refractivity contribution >= 4 is 23.2 Å². The molecule has 0 aromatic heterocycles. The van der Waals surface area contributed by atoms with Crippen molar-refractivity contribution in [1.29, 1.82) is 0 Å². The molecule has 0 saturated heterocycles. The van der Waals surface area contributed by atoms with Gasteiger partial charge in [-0.15, -0.1) is 6.07 Å². The van der Waals surface area contributed by atoms with Crippen LogP contribution in [0.4, 0.5) is 0 Å². The molecule has 4 heteroatoms. The maximum atomic E-state index is 5.68. The smallest absolute Gasteiger partial charge is 1.00 e. The average molecular weight is 261 g/mol. The quantitative estimate of drug-likeness (QED) is 0.461. The first-order chi connectivity index (χ1) is 4.22. The van der Waals surface area contributed by atoms with E-state index in [0.29, 0.717) is 10.0 Å². The summed E-state index contributed by atoms with van der Waals surface area (Å²) in [6, 6.07) is 5.36. The molecular weight excluding hydrogens is 256 g/mol. The summed E-state index contributed by atoms with van der Waals surface area (Å²) < 4.78 is 0. The summed E-state index contributed by atoms with van der Waals surface area (Å²) in [7, 11) is 0. The first-order valence-corrected chi connectivity index (χ1v) is 3.23. The van der Waals surface area contributed by atoms with Crippen LogP contribution in [-0.2, 0) is 19.5 Å². The predicted octanol–water partition coefficient (Wildman–Crippen LogP) is 0.177. The summed E-state index contributed by atoms with van der Waals surface area (Å²) in [5, 5.41) is 1.10. The molecule has 0 bridgehead atoms. The second-order valence-corrected chi connectivity index (χ2v) is 2.50. The van der Waals surface area contributed by atoms with E-state index in [2.05, 4.69) is 6.92 Å². The van der Waals surface area contributed by atoms with E-state index in [0.717, 1.165) is 5.56 Å². The minimum absolute atomic E-state index is 0. The predicted molar refractivity (Wildman–Crippen MR) is 40.9 cm³/mol. The van der Waals surface area contributed by atoms with Crippen molar-refractivity contribution in [2.45, 2.75) is 0 Å². The van der Waals surface area contributed by atoms with E-state index in [1.807, 2.05) is 12.1 Å². The average Bonchev–Trinajstić information content (AvgIpc) is 1.83. The Morgan fingerprint density at radius 3 is 2.09 bits per heavy atom. The number of rotatable bonds is 0. The van der Waals surface area contributed by atoms with Crippen LogP contribution in [0.2, 0.25) is 10.0 Å². The maximum absolute atomic E-state index is 5.68. The topological polar surface area (TPSA) is 0 Å². The van der Waals surface area contributed by atoms with Gasteiger partial charge in [0, 0.05) is 5.02 Å². The molecule has 1 aromatic carbocycles. The van der Waals surface area contributed by atoms with Gasteiger partial charge in [0.15, 0.2) is 0 Å². The molecule has 0 heterocycles. The van der Waals surface area contributed by atoms with E-state index in [1.165, 1.54) is 0 Å². The molecule has 0 fully saturated rings. The SMILES string of the molecule is [CH2-]c1cccc(Cl)c1Cl.[Cl-].[Zn+2]. The third kappa shape index (κ3) is 3.67. The van der Waals surface area contributed by atoms with Crippen molar-refractivity contribution in [3.05, 3.63) is 40.7 Å². The van der Waals surface area contributed by atoms with Crippen LogP contribution in [0.5, 0.6) is 0 Å². The van der Waals surface area contributed by atoms with E-state index in [4.69, 9.17) is 23.2 Å². The van der Waals surface area contributed by atoms with Crippen LogP contribution in [0, 0.1) is 6.92 Å². The van der Waals surface area contributed by atoms with Crippen molar-refractivity contribution in [3.8, 4) is 0 Å². The van der Waals surface area contributed by atoms with Gasteiger partial charge >= 0.3 is 19.5 Å². The van der Waals surface area contributed by atoms with Crippen molar-refractivity contribution in [3.63, 3.8) is 0 Å². The fourth-order valence-electron chi connectivity index (χ4n) is 0.548. The van der Waals surface area contributed by atoms with Crippen LogP contribution < -0.4 is 12.4 Å². The zero-order valence-corrected chi connectivity index (χ0v) is 11.0. The summed E-state index contributed by atoms with van der Waals surface area (Å²) in [6.07, 6.45) is 0. The minimum atomic E-state index is 0. The van der Waals surface area contributed by atoms with Crippen LogP contribution in [0.3, 0.4) is 0 Å². The van der Waals surface area contributed by atoms with E-state index < -0.39 is 0 Å². The van der Waals surface area contributed by atoms with E-state index >= 15 is 0 Å². The monoisotopic (exact) mass is 258 g/mol. The maximum Gasteiger partial charge on any atom is 2.00 e. The Morgan fingerprint density at radius 1 is 1.18 bits per heavy atom. The molecular formula is C7H5Cl3Zn. The van der Waals surface area contributed by atoms with Gasteiger partial charge in [0.2, 0.25) is 0 Å². The molecule has 11 heavy (non-hydrogen) atoms. The Labute approximate surface area is 95.4 Å². The second-order valence-electron chi connectivity index (χ2n) is 1.71. The van der Waals surface area contributed by atoms with Gasteiger partial charge in [0.25, 0.3) is 0 Å². The van der Waals surface area contributed by atoms with Crippen molar-refractivity contribution in [2.75, 3.05) is 0 Å². The Kier molecular flexibility index (Phi) is 7.88. The van der Waals surface area contributed by atoms with E-state index in [1.54, 1.807) is 6.07 Å². The molecule has 0 spiro atoms. The van der Waals surface area contributed by atoms with Crippen LogP contribution in [0.15, 0.2) is 18.2 Å². The Hall–Kier alpha value is 0.583. The summed E-state index contributed by atoms with van der Waals surface area (Å²) in [6.45, 7) is 3.66. The number of hydrogen-bond acceptors (Lipinski definition) is 0. The van der Waals surface area contributed by atoms with Crippen molar-refractivity contribution in [1.82, 2.24) is 0 Å². The van der Waals surface area contributed by atoms with Crippen LogP contribution in [0.1, 0.15) is 5.56 Å². The second kappa shape index (κ2) is 6.14. The molecule has 1 aromatic rings. The Balaban J connectivity index is 0. The van der Waals surface area contributed by atoms with Gasteiger partial charge in [0.1, 0.15) is 0 Å². The summed E-state index contributed by atoms with van der Waals surface area (Å²) in [5.74, 6) is 0. The molecule has 0 saturated carbocycles. The van der Waals surface area contributed by atoms with Crippen LogP contribution in [-0.4, -0.2) is 0 Å². The molecule has 0 nitrogen and oxygen atoms in total. The van der Waals surface area contributed by atoms with Gasteiger partial charge in [-0.05, 0) is 5.02 Å². The number of benzene rings is 1. The molecule has 56 valence electrons. The minimum Gasteiger partial charge on any atom is -1.00 e. The molecule has 0 aliphatic heterocycles. The molecule has 0 radical (unpaired) electrons. The fraction of sp³-hybridized carbons (Fsp3) is 0. The number of hydrogen-bond donors (Lipinski definition) is 0. The fourth-order valence-corrected chi connectivity index (χ4v) is 0.869. The third-order valence-corrected chi connectivity index (χ3v) is 1.89. The van der Waals surface area contributed by atoms with Gasteiger partial charge in [-0.25, -0.2) is 0 Å². The molecule has 0 aliphatic carbocycles. The van der Waals surface area contributed by atoms with Crippen LogP contribution in [0.25, 0.3) is 0 Å². The summed E-state index contributed by atoms with van der Waals surface area (Å²) >= 11 is 11.3. The van der Waals surface area contributed by atoms with E-state index in [-0.39, 0.29) is 31.9 Å². The van der Waals surface area contributed by atoms with Crippen molar-refractivity contribution < 1.29 is 31.9 Å². The molecule has 1 rings (SSSR count). The van der Waals surface area contributed by atoms with Gasteiger partial charge in [0.05, 0.1) is 0 Å². The normalized spacial score (nSPS) is 7.82. The summed E-state index contributed by atoms with van der Waals surface area (Å²) in [5.41, 5.74) is 0.768. The summed E-state index contributed by atoms with van der Waals surface area (Å²) in [4.78, 5) is 0. The van der Waals surface area contributed by atoms with E-state index in [9.17, 15) is 0 Å². The van der Waals surface area contributed by atoms with Crippen LogP contribution >= 0.6 is 23.2 Å². The third-order valence-electron chi connectivity index (χ3n) is 1.03. The zero-order chi connectivity index (χ0) is 6.85. The molecule has 0 unspecified atom stereocenters. The zero-order valence-electron chi connectivity index (χ0n) is 5.78. The van der Waals surface area contributed by atoms with Gasteiger partial charge in [-0.3, -0.25) is 0 Å². The first kappa shape index (κ1) is 14.1.